The van der Waals surface area contributed by atoms with E-state index in [1.807, 2.05) is 55.1 Å². The van der Waals surface area contributed by atoms with Gasteiger partial charge in [0.25, 0.3) is 5.56 Å². The van der Waals surface area contributed by atoms with Gasteiger partial charge in [0.05, 0.1) is 19.3 Å². The summed E-state index contributed by atoms with van der Waals surface area (Å²) >= 11 is 5.74. The third kappa shape index (κ3) is 5.26. The summed E-state index contributed by atoms with van der Waals surface area (Å²) in [6, 6.07) is 19.7. The Morgan fingerprint density at radius 2 is 1.74 bits per heavy atom. The topological polar surface area (TPSA) is 57.4 Å². The minimum absolute atomic E-state index is 0.167. The number of hydrogen-bond acceptors (Lipinski definition) is 3. The van der Waals surface area contributed by atoms with E-state index in [9.17, 15) is 9.18 Å². The Morgan fingerprint density at radius 3 is 2.47 bits per heavy atom. The van der Waals surface area contributed by atoms with Crippen molar-refractivity contribution < 1.29 is 9.13 Å². The summed E-state index contributed by atoms with van der Waals surface area (Å²) < 4.78 is 18.9. The molecule has 0 saturated heterocycles. The van der Waals surface area contributed by atoms with Gasteiger partial charge in [-0.15, -0.1) is 0 Å². The number of benzene rings is 3. The summed E-state index contributed by atoms with van der Waals surface area (Å²) in [5.74, 6) is 0.350. The minimum atomic E-state index is -0.304. The molecule has 5 nitrogen and oxygen atoms in total. The highest BCUT2D eigenvalue weighted by molar-refractivity contribution is 7.80. The van der Waals surface area contributed by atoms with Crippen molar-refractivity contribution in [2.45, 2.75) is 26.9 Å². The highest BCUT2D eigenvalue weighted by Crippen LogP contribution is 2.24. The lowest BCUT2D eigenvalue weighted by Crippen LogP contribution is -2.35. The van der Waals surface area contributed by atoms with Crippen LogP contribution in [-0.4, -0.2) is 22.1 Å². The average Bonchev–Trinajstić information content (AvgIpc) is 2.82. The number of pyridine rings is 1. The van der Waals surface area contributed by atoms with Gasteiger partial charge in [0.1, 0.15) is 11.6 Å². The molecular weight excluding hydrogens is 449 g/mol. The zero-order valence-electron chi connectivity index (χ0n) is 19.3. The number of ether oxygens (including phenoxy) is 1. The van der Waals surface area contributed by atoms with Crippen molar-refractivity contribution in [2.24, 2.45) is 0 Å². The number of aromatic nitrogens is 1. The quantitative estimate of drug-likeness (QED) is 0.351. The first-order valence-electron chi connectivity index (χ1n) is 10.9. The van der Waals surface area contributed by atoms with E-state index in [1.54, 1.807) is 19.2 Å². The van der Waals surface area contributed by atoms with E-state index >= 15 is 0 Å². The molecular formula is C27H26FN3O2S. The van der Waals surface area contributed by atoms with Crippen LogP contribution in [0.25, 0.3) is 10.9 Å². The van der Waals surface area contributed by atoms with E-state index < -0.39 is 0 Å². The van der Waals surface area contributed by atoms with E-state index in [-0.39, 0.29) is 17.9 Å². The van der Waals surface area contributed by atoms with Gasteiger partial charge in [-0.05, 0) is 90.6 Å². The Morgan fingerprint density at radius 1 is 1.03 bits per heavy atom. The fraction of sp³-hybridized carbons (Fsp3) is 0.185. The molecule has 0 atom stereocenters. The number of rotatable bonds is 6. The van der Waals surface area contributed by atoms with Crippen LogP contribution in [0.2, 0.25) is 0 Å². The molecule has 0 radical (unpaired) electrons. The van der Waals surface area contributed by atoms with Crippen LogP contribution >= 0.6 is 12.2 Å². The number of nitrogens with one attached hydrogen (secondary N) is 2. The Hall–Kier alpha value is -3.71. The molecule has 4 aromatic rings. The number of para-hydroxylation sites is 2. The molecule has 1 heterocycles. The lowest BCUT2D eigenvalue weighted by molar-refractivity contribution is 0.407. The fourth-order valence-corrected chi connectivity index (χ4v) is 4.04. The molecule has 2 N–H and O–H groups in total. The molecule has 0 aliphatic heterocycles. The monoisotopic (exact) mass is 475 g/mol. The lowest BCUT2D eigenvalue weighted by Gasteiger charge is -2.26. The molecule has 0 bridgehead atoms. The van der Waals surface area contributed by atoms with Crippen molar-refractivity contribution in [2.75, 3.05) is 12.4 Å². The number of aryl methyl sites for hydroxylation is 2. The molecule has 174 valence electrons. The second-order valence-electron chi connectivity index (χ2n) is 8.26. The van der Waals surface area contributed by atoms with Crippen molar-refractivity contribution in [1.82, 2.24) is 9.88 Å². The summed E-state index contributed by atoms with van der Waals surface area (Å²) in [5, 5.41) is 4.62. The zero-order valence-corrected chi connectivity index (χ0v) is 20.1. The Bertz CT molecular complexity index is 1400. The van der Waals surface area contributed by atoms with Gasteiger partial charge >= 0.3 is 0 Å². The molecule has 7 heteroatoms. The number of anilines is 1. The Kier molecular flexibility index (Phi) is 6.93. The third-order valence-corrected chi connectivity index (χ3v) is 6.18. The molecule has 4 rings (SSSR count). The van der Waals surface area contributed by atoms with Crippen molar-refractivity contribution in [3.05, 3.63) is 105 Å². The number of thiocarbonyl (C=S) groups is 1. The third-order valence-electron chi connectivity index (χ3n) is 5.82. The van der Waals surface area contributed by atoms with Crippen molar-refractivity contribution >= 4 is 33.9 Å². The first kappa shape index (κ1) is 23.4. The van der Waals surface area contributed by atoms with Crippen LogP contribution in [0, 0.1) is 19.7 Å². The molecule has 0 aliphatic rings. The summed E-state index contributed by atoms with van der Waals surface area (Å²) in [4.78, 5) is 17.8. The number of fused-ring (bicyclic) bond motifs is 1. The van der Waals surface area contributed by atoms with E-state index in [2.05, 4.69) is 16.4 Å². The summed E-state index contributed by atoms with van der Waals surface area (Å²) in [6.07, 6.45) is 0. The van der Waals surface area contributed by atoms with Crippen LogP contribution in [0.1, 0.15) is 22.3 Å². The first-order chi connectivity index (χ1) is 16.3. The van der Waals surface area contributed by atoms with Gasteiger partial charge in [-0.3, -0.25) is 4.79 Å². The van der Waals surface area contributed by atoms with E-state index in [4.69, 9.17) is 17.0 Å². The molecule has 0 amide bonds. The Labute approximate surface area is 203 Å². The standard InChI is InChI=1S/C27H26FN3O2S/c1-17-12-20-14-21(26(32)29-24(20)13-18(17)2)16-31(15-19-8-10-22(28)11-9-19)27(34)30-23-6-4-5-7-25(23)33-3/h4-14H,15-16H2,1-3H3,(H,29,32)(H,30,34). The Balaban J connectivity index is 1.68. The normalized spacial score (nSPS) is 10.8. The van der Waals surface area contributed by atoms with Gasteiger partial charge in [0.2, 0.25) is 0 Å². The van der Waals surface area contributed by atoms with E-state index in [0.29, 0.717) is 23.0 Å². The molecule has 1 aromatic heterocycles. The van der Waals surface area contributed by atoms with Gasteiger partial charge in [0.15, 0.2) is 5.11 Å². The number of nitrogens with zero attached hydrogens (tertiary/aromatic N) is 1. The molecule has 0 spiro atoms. The van der Waals surface area contributed by atoms with Crippen LogP contribution in [0.3, 0.4) is 0 Å². The van der Waals surface area contributed by atoms with Crippen LogP contribution in [0.15, 0.2) is 71.5 Å². The fourth-order valence-electron chi connectivity index (χ4n) is 3.80. The number of H-pyrrole nitrogens is 1. The molecule has 0 unspecified atom stereocenters. The molecule has 0 aliphatic carbocycles. The molecule has 0 saturated carbocycles. The minimum Gasteiger partial charge on any atom is -0.495 e. The average molecular weight is 476 g/mol. The van der Waals surface area contributed by atoms with Crippen LogP contribution in [0.4, 0.5) is 10.1 Å². The second-order valence-corrected chi connectivity index (χ2v) is 8.65. The summed E-state index contributed by atoms with van der Waals surface area (Å²) in [7, 11) is 1.60. The SMILES string of the molecule is COc1ccccc1NC(=S)N(Cc1ccc(F)cc1)Cc1cc2cc(C)c(C)cc2[nH]c1=O. The van der Waals surface area contributed by atoms with E-state index in [1.165, 1.54) is 12.1 Å². The zero-order chi connectivity index (χ0) is 24.2. The summed E-state index contributed by atoms with van der Waals surface area (Å²) in [6.45, 7) is 4.74. The maximum absolute atomic E-state index is 13.5. The van der Waals surface area contributed by atoms with Gasteiger partial charge in [-0.2, -0.15) is 0 Å². The van der Waals surface area contributed by atoms with Crippen LogP contribution in [0.5, 0.6) is 5.75 Å². The highest BCUT2D eigenvalue weighted by atomic mass is 32.1. The number of methoxy groups -OCH3 is 1. The number of halogens is 1. The van der Waals surface area contributed by atoms with Crippen molar-refractivity contribution in [3.63, 3.8) is 0 Å². The van der Waals surface area contributed by atoms with Crippen molar-refractivity contribution in [1.29, 1.82) is 0 Å². The smallest absolute Gasteiger partial charge is 0.253 e. The van der Waals surface area contributed by atoms with Gasteiger partial charge in [0, 0.05) is 17.6 Å². The van der Waals surface area contributed by atoms with Gasteiger partial charge in [-0.1, -0.05) is 24.3 Å². The van der Waals surface area contributed by atoms with Gasteiger partial charge < -0.3 is 19.9 Å². The maximum Gasteiger partial charge on any atom is 0.253 e. The number of aromatic amines is 1. The van der Waals surface area contributed by atoms with E-state index in [0.717, 1.165) is 33.3 Å². The second kappa shape index (κ2) is 10.1. The van der Waals surface area contributed by atoms with Crippen molar-refractivity contribution in [3.8, 4) is 5.75 Å². The lowest BCUT2D eigenvalue weighted by atomic mass is 10.0. The predicted octanol–water partition coefficient (Wildman–Crippen LogP) is 5.69. The summed E-state index contributed by atoms with van der Waals surface area (Å²) in [5.41, 5.74) is 5.09. The maximum atomic E-state index is 13.5. The largest absolute Gasteiger partial charge is 0.495 e. The molecule has 34 heavy (non-hydrogen) atoms. The molecule has 0 fully saturated rings. The molecule has 3 aromatic carbocycles. The number of hydrogen-bond donors (Lipinski definition) is 2. The van der Waals surface area contributed by atoms with Crippen LogP contribution in [-0.2, 0) is 13.1 Å². The van der Waals surface area contributed by atoms with Gasteiger partial charge in [-0.25, -0.2) is 4.39 Å². The predicted molar refractivity (Wildman–Crippen MR) is 139 cm³/mol. The first-order valence-corrected chi connectivity index (χ1v) is 11.3. The highest BCUT2D eigenvalue weighted by Gasteiger charge is 2.16. The van der Waals surface area contributed by atoms with Crippen LogP contribution < -0.4 is 15.6 Å².